The van der Waals surface area contributed by atoms with Crippen molar-refractivity contribution in [1.82, 2.24) is 0 Å². The highest BCUT2D eigenvalue weighted by Crippen LogP contribution is 2.66. The molecule has 19 heavy (non-hydrogen) atoms. The quantitative estimate of drug-likeness (QED) is 0.666. The third kappa shape index (κ3) is 1.49. The molecule has 3 aliphatic rings. The number of carbonyl (C=O) groups excluding carboxylic acids is 2. The van der Waals surface area contributed by atoms with Gasteiger partial charge in [-0.3, -0.25) is 9.59 Å². The number of carbonyl (C=O) groups is 2. The molecule has 3 rings (SSSR count). The minimum atomic E-state index is -0.194. The standard InChI is InChI=1S/C17H26O2/c1-15(2)11-7-9-17(4)12(5-6-14(17)19)16(11,3)10-8-13(15)18/h11-12H,5-10H2,1-4H3/t11-,12+,16-,17+/m0/s1. The number of ketones is 2. The second-order valence-electron chi connectivity index (χ2n) is 8.17. The van der Waals surface area contributed by atoms with Gasteiger partial charge in [0, 0.05) is 23.7 Å². The van der Waals surface area contributed by atoms with E-state index >= 15 is 0 Å². The lowest BCUT2D eigenvalue weighted by Gasteiger charge is -2.59. The molecule has 3 saturated carbocycles. The van der Waals surface area contributed by atoms with E-state index in [9.17, 15) is 9.59 Å². The summed E-state index contributed by atoms with van der Waals surface area (Å²) in [6.45, 7) is 8.83. The van der Waals surface area contributed by atoms with Crippen LogP contribution in [-0.4, -0.2) is 11.6 Å². The average Bonchev–Trinajstić information content (AvgIpc) is 2.63. The number of rotatable bonds is 0. The third-order valence-corrected chi connectivity index (χ3v) is 7.09. The summed E-state index contributed by atoms with van der Waals surface area (Å²) in [6, 6.07) is 0. The fraction of sp³-hybridized carbons (Fsp3) is 0.882. The van der Waals surface area contributed by atoms with Gasteiger partial charge in [-0.05, 0) is 42.9 Å². The molecule has 0 aliphatic heterocycles. The van der Waals surface area contributed by atoms with Crippen LogP contribution in [0.2, 0.25) is 0 Å². The third-order valence-electron chi connectivity index (χ3n) is 7.09. The van der Waals surface area contributed by atoms with Gasteiger partial charge >= 0.3 is 0 Å². The summed E-state index contributed by atoms with van der Waals surface area (Å²) in [4.78, 5) is 24.6. The van der Waals surface area contributed by atoms with Crippen LogP contribution in [-0.2, 0) is 9.59 Å². The average molecular weight is 262 g/mol. The molecule has 0 aromatic rings. The van der Waals surface area contributed by atoms with Crippen molar-refractivity contribution < 1.29 is 9.59 Å². The van der Waals surface area contributed by atoms with Gasteiger partial charge < -0.3 is 0 Å². The fourth-order valence-corrected chi connectivity index (χ4v) is 5.89. The van der Waals surface area contributed by atoms with Gasteiger partial charge in [-0.2, -0.15) is 0 Å². The predicted molar refractivity (Wildman–Crippen MR) is 74.7 cm³/mol. The van der Waals surface area contributed by atoms with Crippen LogP contribution < -0.4 is 0 Å². The summed E-state index contributed by atoms with van der Waals surface area (Å²) in [7, 11) is 0. The summed E-state index contributed by atoms with van der Waals surface area (Å²) in [6.07, 6.45) is 5.56. The molecule has 0 heterocycles. The highest BCUT2D eigenvalue weighted by Gasteiger charge is 2.63. The Hall–Kier alpha value is -0.660. The molecule has 0 bridgehead atoms. The van der Waals surface area contributed by atoms with E-state index in [-0.39, 0.29) is 16.2 Å². The SMILES string of the molecule is CC1(C)C(=O)CC[C@]2(C)[C@H]3CCC(=O)[C@]3(C)CC[C@@H]12. The smallest absolute Gasteiger partial charge is 0.139 e. The van der Waals surface area contributed by atoms with E-state index in [1.807, 2.05) is 0 Å². The normalized spacial score (nSPS) is 48.8. The van der Waals surface area contributed by atoms with Crippen molar-refractivity contribution in [3.05, 3.63) is 0 Å². The van der Waals surface area contributed by atoms with Gasteiger partial charge in [0.2, 0.25) is 0 Å². The molecule has 3 fully saturated rings. The van der Waals surface area contributed by atoms with Gasteiger partial charge in [-0.1, -0.05) is 27.7 Å². The zero-order valence-electron chi connectivity index (χ0n) is 12.7. The van der Waals surface area contributed by atoms with Crippen molar-refractivity contribution in [2.45, 2.75) is 66.2 Å². The van der Waals surface area contributed by atoms with E-state index in [1.165, 1.54) is 0 Å². The van der Waals surface area contributed by atoms with Crippen LogP contribution >= 0.6 is 0 Å². The van der Waals surface area contributed by atoms with Gasteiger partial charge in [0.05, 0.1) is 0 Å². The van der Waals surface area contributed by atoms with Crippen molar-refractivity contribution in [3.63, 3.8) is 0 Å². The predicted octanol–water partition coefficient (Wildman–Crippen LogP) is 3.78. The van der Waals surface area contributed by atoms with Crippen molar-refractivity contribution in [3.8, 4) is 0 Å². The second kappa shape index (κ2) is 3.71. The second-order valence-corrected chi connectivity index (χ2v) is 8.17. The Morgan fingerprint density at radius 3 is 2.21 bits per heavy atom. The summed E-state index contributed by atoms with van der Waals surface area (Å²) in [5.41, 5.74) is -0.0990. The molecule has 0 amide bonds. The molecule has 0 N–H and O–H groups in total. The van der Waals surface area contributed by atoms with Crippen LogP contribution in [0.15, 0.2) is 0 Å². The Balaban J connectivity index is 2.04. The highest BCUT2D eigenvalue weighted by molar-refractivity contribution is 5.88. The number of hydrogen-bond donors (Lipinski definition) is 0. The van der Waals surface area contributed by atoms with Crippen LogP contribution in [0.3, 0.4) is 0 Å². The molecule has 2 heteroatoms. The topological polar surface area (TPSA) is 34.1 Å². The maximum Gasteiger partial charge on any atom is 0.139 e. The molecule has 106 valence electrons. The molecular formula is C17H26O2. The van der Waals surface area contributed by atoms with Gasteiger partial charge in [0.15, 0.2) is 0 Å². The van der Waals surface area contributed by atoms with Crippen molar-refractivity contribution in [2.24, 2.45) is 28.1 Å². The molecule has 4 atom stereocenters. The largest absolute Gasteiger partial charge is 0.299 e. The maximum absolute atomic E-state index is 12.3. The molecular weight excluding hydrogens is 236 g/mol. The first-order valence-electron chi connectivity index (χ1n) is 7.79. The number of Topliss-reactive ketones (excluding diaryl/α,β-unsaturated/α-hetero) is 2. The van der Waals surface area contributed by atoms with Gasteiger partial charge in [0.1, 0.15) is 11.6 Å². The Kier molecular flexibility index (Phi) is 2.60. The Morgan fingerprint density at radius 2 is 1.53 bits per heavy atom. The number of hydrogen-bond acceptors (Lipinski definition) is 2. The summed E-state index contributed by atoms with van der Waals surface area (Å²) in [5.74, 6) is 1.87. The van der Waals surface area contributed by atoms with Gasteiger partial charge in [-0.15, -0.1) is 0 Å². The maximum atomic E-state index is 12.3. The zero-order valence-corrected chi connectivity index (χ0v) is 12.7. The molecule has 0 unspecified atom stereocenters. The first kappa shape index (κ1) is 13.3. The van der Waals surface area contributed by atoms with Crippen LogP contribution in [0.25, 0.3) is 0 Å². The first-order chi connectivity index (χ1) is 8.73. The molecule has 0 saturated heterocycles. The van der Waals surface area contributed by atoms with Crippen LogP contribution in [0.4, 0.5) is 0 Å². The first-order valence-corrected chi connectivity index (χ1v) is 7.79. The van der Waals surface area contributed by atoms with E-state index in [4.69, 9.17) is 0 Å². The van der Waals surface area contributed by atoms with Crippen molar-refractivity contribution >= 4 is 11.6 Å². The molecule has 0 aromatic carbocycles. The van der Waals surface area contributed by atoms with Crippen LogP contribution in [0, 0.1) is 28.1 Å². The van der Waals surface area contributed by atoms with E-state index in [0.29, 0.717) is 29.8 Å². The minimum absolute atomic E-state index is 0.0955. The van der Waals surface area contributed by atoms with Gasteiger partial charge in [-0.25, -0.2) is 0 Å². The lowest BCUT2D eigenvalue weighted by molar-refractivity contribution is -0.159. The monoisotopic (exact) mass is 262 g/mol. The van der Waals surface area contributed by atoms with E-state index in [2.05, 4.69) is 27.7 Å². The summed E-state index contributed by atoms with van der Waals surface area (Å²) < 4.78 is 0. The Bertz CT molecular complexity index is 444. The molecule has 0 spiro atoms. The van der Waals surface area contributed by atoms with Crippen LogP contribution in [0.1, 0.15) is 66.2 Å². The van der Waals surface area contributed by atoms with E-state index in [0.717, 1.165) is 32.1 Å². The minimum Gasteiger partial charge on any atom is -0.299 e. The molecule has 2 nitrogen and oxygen atoms in total. The highest BCUT2D eigenvalue weighted by atomic mass is 16.1. The molecule has 0 radical (unpaired) electrons. The number of fused-ring (bicyclic) bond motifs is 3. The summed E-state index contributed by atoms with van der Waals surface area (Å²) in [5, 5.41) is 0. The molecule has 3 aliphatic carbocycles. The Morgan fingerprint density at radius 1 is 0.842 bits per heavy atom. The van der Waals surface area contributed by atoms with E-state index in [1.54, 1.807) is 0 Å². The van der Waals surface area contributed by atoms with Crippen LogP contribution in [0.5, 0.6) is 0 Å². The van der Waals surface area contributed by atoms with E-state index < -0.39 is 0 Å². The van der Waals surface area contributed by atoms with Gasteiger partial charge in [0.25, 0.3) is 0 Å². The van der Waals surface area contributed by atoms with Crippen molar-refractivity contribution in [2.75, 3.05) is 0 Å². The molecule has 0 aromatic heterocycles. The summed E-state index contributed by atoms with van der Waals surface area (Å²) >= 11 is 0. The van der Waals surface area contributed by atoms with Crippen molar-refractivity contribution in [1.29, 1.82) is 0 Å². The lowest BCUT2D eigenvalue weighted by Crippen LogP contribution is -2.57. The fourth-order valence-electron chi connectivity index (χ4n) is 5.89. The Labute approximate surface area is 116 Å². The lowest BCUT2D eigenvalue weighted by atomic mass is 9.44. The zero-order chi connectivity index (χ0) is 14.1.